The molecule has 0 N–H and O–H groups in total. The second-order valence-corrected chi connectivity index (χ2v) is 4.62. The SMILES string of the molecule is CN1CCN(C(=O)c2c(F)ccc(F)c2F)[C@H](C#N)C1. The molecule has 2 rings (SSSR count). The van der Waals surface area contributed by atoms with Gasteiger partial charge >= 0.3 is 0 Å². The number of nitriles is 1. The molecule has 0 aromatic heterocycles. The average molecular weight is 283 g/mol. The van der Waals surface area contributed by atoms with Gasteiger partial charge in [-0.2, -0.15) is 5.26 Å². The minimum absolute atomic E-state index is 0.156. The van der Waals surface area contributed by atoms with Gasteiger partial charge in [-0.1, -0.05) is 0 Å². The van der Waals surface area contributed by atoms with Crippen LogP contribution in [0, 0.1) is 28.8 Å². The number of amides is 1. The van der Waals surface area contributed by atoms with Gasteiger partial charge in [-0.05, 0) is 19.2 Å². The Kier molecular flexibility index (Phi) is 3.95. The number of hydrogen-bond acceptors (Lipinski definition) is 3. The Hall–Kier alpha value is -2.07. The molecule has 0 spiro atoms. The van der Waals surface area contributed by atoms with Crippen LogP contribution in [0.25, 0.3) is 0 Å². The summed E-state index contributed by atoms with van der Waals surface area (Å²) in [5.41, 5.74) is -0.949. The van der Waals surface area contributed by atoms with Crippen molar-refractivity contribution >= 4 is 5.91 Å². The molecule has 0 radical (unpaired) electrons. The first-order chi connectivity index (χ1) is 9.45. The highest BCUT2D eigenvalue weighted by Crippen LogP contribution is 2.20. The topological polar surface area (TPSA) is 47.3 Å². The number of nitrogens with zero attached hydrogens (tertiary/aromatic N) is 3. The molecule has 1 heterocycles. The van der Waals surface area contributed by atoms with Gasteiger partial charge in [0, 0.05) is 19.6 Å². The summed E-state index contributed by atoms with van der Waals surface area (Å²) in [6.07, 6.45) is 0. The molecule has 0 bridgehead atoms. The van der Waals surface area contributed by atoms with Crippen molar-refractivity contribution in [3.8, 4) is 6.07 Å². The molecule has 1 aliphatic heterocycles. The Bertz CT molecular complexity index is 585. The predicted molar refractivity (Wildman–Crippen MR) is 64.3 cm³/mol. The van der Waals surface area contributed by atoms with Crippen LogP contribution < -0.4 is 0 Å². The van der Waals surface area contributed by atoms with Crippen LogP contribution in [0.2, 0.25) is 0 Å². The zero-order chi connectivity index (χ0) is 14.9. The fourth-order valence-corrected chi connectivity index (χ4v) is 2.14. The van der Waals surface area contributed by atoms with Gasteiger partial charge in [-0.3, -0.25) is 4.79 Å². The van der Waals surface area contributed by atoms with Crippen molar-refractivity contribution in [1.29, 1.82) is 5.26 Å². The van der Waals surface area contributed by atoms with Crippen molar-refractivity contribution in [1.82, 2.24) is 9.80 Å². The molecule has 0 aliphatic carbocycles. The number of piperazine rings is 1. The van der Waals surface area contributed by atoms with E-state index in [-0.39, 0.29) is 13.1 Å². The fourth-order valence-electron chi connectivity index (χ4n) is 2.14. The van der Waals surface area contributed by atoms with Gasteiger partial charge < -0.3 is 9.80 Å². The molecule has 0 unspecified atom stereocenters. The Morgan fingerprint density at radius 3 is 2.60 bits per heavy atom. The van der Waals surface area contributed by atoms with Gasteiger partial charge in [-0.15, -0.1) is 0 Å². The summed E-state index contributed by atoms with van der Waals surface area (Å²) < 4.78 is 40.4. The normalized spacial score (nSPS) is 19.8. The van der Waals surface area contributed by atoms with E-state index in [0.29, 0.717) is 18.7 Å². The number of likely N-dealkylation sites (N-methyl/N-ethyl adjacent to an activating group) is 1. The molecule has 1 saturated heterocycles. The lowest BCUT2D eigenvalue weighted by Gasteiger charge is -2.36. The van der Waals surface area contributed by atoms with E-state index in [1.807, 2.05) is 11.0 Å². The number of carbonyl (C=O) groups excluding carboxylic acids is 1. The van der Waals surface area contributed by atoms with E-state index in [4.69, 9.17) is 5.26 Å². The number of benzene rings is 1. The number of carbonyl (C=O) groups is 1. The fraction of sp³-hybridized carbons (Fsp3) is 0.385. The van der Waals surface area contributed by atoms with Crippen LogP contribution in [0.3, 0.4) is 0 Å². The Morgan fingerprint density at radius 2 is 1.95 bits per heavy atom. The summed E-state index contributed by atoms with van der Waals surface area (Å²) in [4.78, 5) is 15.1. The smallest absolute Gasteiger partial charge is 0.261 e. The minimum atomic E-state index is -1.52. The molecule has 7 heteroatoms. The summed E-state index contributed by atoms with van der Waals surface area (Å²) in [6, 6.07) is 2.41. The van der Waals surface area contributed by atoms with E-state index in [1.54, 1.807) is 7.05 Å². The predicted octanol–water partition coefficient (Wildman–Crippen LogP) is 1.38. The van der Waals surface area contributed by atoms with Gasteiger partial charge in [0.15, 0.2) is 11.6 Å². The number of hydrogen-bond donors (Lipinski definition) is 0. The highest BCUT2D eigenvalue weighted by Gasteiger charge is 2.33. The van der Waals surface area contributed by atoms with Gasteiger partial charge in [0.25, 0.3) is 5.91 Å². The van der Waals surface area contributed by atoms with Crippen LogP contribution >= 0.6 is 0 Å². The molecule has 106 valence electrons. The van der Waals surface area contributed by atoms with Gasteiger partial charge in [0.05, 0.1) is 6.07 Å². The average Bonchev–Trinajstić information content (AvgIpc) is 2.43. The van der Waals surface area contributed by atoms with Crippen LogP contribution in [0.4, 0.5) is 13.2 Å². The van der Waals surface area contributed by atoms with Gasteiger partial charge in [0.2, 0.25) is 0 Å². The largest absolute Gasteiger partial charge is 0.320 e. The summed E-state index contributed by atoms with van der Waals surface area (Å²) >= 11 is 0. The molecule has 1 aromatic rings. The maximum Gasteiger partial charge on any atom is 0.261 e. The van der Waals surface area contributed by atoms with Crippen LogP contribution in [0.15, 0.2) is 12.1 Å². The third kappa shape index (κ3) is 2.47. The second-order valence-electron chi connectivity index (χ2n) is 4.62. The first kappa shape index (κ1) is 14.3. The van der Waals surface area contributed by atoms with Gasteiger partial charge in [0.1, 0.15) is 17.4 Å². The number of halogens is 3. The van der Waals surface area contributed by atoms with E-state index >= 15 is 0 Å². The summed E-state index contributed by atoms with van der Waals surface area (Å²) in [5.74, 6) is -4.95. The molecule has 1 fully saturated rings. The summed E-state index contributed by atoms with van der Waals surface area (Å²) in [5, 5.41) is 9.04. The number of rotatable bonds is 1. The monoisotopic (exact) mass is 283 g/mol. The van der Waals surface area contributed by atoms with Crippen molar-refractivity contribution in [3.05, 3.63) is 35.1 Å². The van der Waals surface area contributed by atoms with Crippen molar-refractivity contribution in [2.75, 3.05) is 26.7 Å². The van der Waals surface area contributed by atoms with E-state index in [1.165, 1.54) is 0 Å². The molecule has 1 amide bonds. The van der Waals surface area contributed by atoms with Crippen molar-refractivity contribution in [2.45, 2.75) is 6.04 Å². The molecule has 1 aromatic carbocycles. The van der Waals surface area contributed by atoms with Crippen LogP contribution in [-0.2, 0) is 0 Å². The maximum atomic E-state index is 13.6. The molecular formula is C13H12F3N3O. The van der Waals surface area contributed by atoms with Crippen LogP contribution in [0.5, 0.6) is 0 Å². The van der Waals surface area contributed by atoms with Crippen molar-refractivity contribution in [2.24, 2.45) is 0 Å². The summed E-state index contributed by atoms with van der Waals surface area (Å²) in [7, 11) is 1.77. The van der Waals surface area contributed by atoms with E-state index in [2.05, 4.69) is 0 Å². The highest BCUT2D eigenvalue weighted by molar-refractivity contribution is 5.95. The summed E-state index contributed by atoms with van der Waals surface area (Å²) in [6.45, 7) is 0.909. The molecule has 20 heavy (non-hydrogen) atoms. The Balaban J connectivity index is 2.37. The lowest BCUT2D eigenvalue weighted by atomic mass is 10.1. The van der Waals surface area contributed by atoms with Gasteiger partial charge in [-0.25, -0.2) is 13.2 Å². The zero-order valence-corrected chi connectivity index (χ0v) is 10.7. The van der Waals surface area contributed by atoms with Crippen molar-refractivity contribution < 1.29 is 18.0 Å². The van der Waals surface area contributed by atoms with E-state index in [9.17, 15) is 18.0 Å². The molecule has 4 nitrogen and oxygen atoms in total. The first-order valence-electron chi connectivity index (χ1n) is 5.98. The Labute approximate surface area is 114 Å². The Morgan fingerprint density at radius 1 is 1.30 bits per heavy atom. The lowest BCUT2D eigenvalue weighted by Crippen LogP contribution is -2.53. The molecular weight excluding hydrogens is 271 g/mol. The van der Waals surface area contributed by atoms with Crippen LogP contribution in [-0.4, -0.2) is 48.4 Å². The maximum absolute atomic E-state index is 13.6. The molecule has 0 saturated carbocycles. The van der Waals surface area contributed by atoms with E-state index in [0.717, 1.165) is 4.90 Å². The molecule has 1 atom stereocenters. The highest BCUT2D eigenvalue weighted by atomic mass is 19.2. The third-order valence-electron chi connectivity index (χ3n) is 3.25. The standard InChI is InChI=1S/C13H12F3N3O/c1-18-4-5-19(8(6-17)7-18)13(20)11-9(14)2-3-10(15)12(11)16/h2-3,8H,4-5,7H2,1H3/t8-/m1/s1. The molecule has 1 aliphatic rings. The van der Waals surface area contributed by atoms with Crippen molar-refractivity contribution in [3.63, 3.8) is 0 Å². The quantitative estimate of drug-likeness (QED) is 0.732. The second kappa shape index (κ2) is 5.51. The van der Waals surface area contributed by atoms with Crippen LogP contribution in [0.1, 0.15) is 10.4 Å². The minimum Gasteiger partial charge on any atom is -0.320 e. The third-order valence-corrected chi connectivity index (χ3v) is 3.25. The van der Waals surface area contributed by atoms with E-state index < -0.39 is 35.0 Å². The first-order valence-corrected chi connectivity index (χ1v) is 5.98. The zero-order valence-electron chi connectivity index (χ0n) is 10.7. The lowest BCUT2D eigenvalue weighted by molar-refractivity contribution is 0.0574.